The van der Waals surface area contributed by atoms with E-state index >= 15 is 0 Å². The number of carbonyl (C=O) groups excluding carboxylic acids is 2. The Morgan fingerprint density at radius 3 is 2.56 bits per heavy atom. The highest BCUT2D eigenvalue weighted by Crippen LogP contribution is 2.29. The summed E-state index contributed by atoms with van der Waals surface area (Å²) in [4.78, 5) is 29.3. The number of urea groups is 1. The summed E-state index contributed by atoms with van der Waals surface area (Å²) < 4.78 is 18.7. The number of nitrogens with zero attached hydrogens (tertiary/aromatic N) is 2. The van der Waals surface area contributed by atoms with Crippen molar-refractivity contribution in [2.75, 3.05) is 30.4 Å². The van der Waals surface area contributed by atoms with Gasteiger partial charge in [0.2, 0.25) is 0 Å². The topological polar surface area (TPSA) is 61.9 Å². The molecule has 1 aliphatic rings. The van der Waals surface area contributed by atoms with Crippen molar-refractivity contribution >= 4 is 23.3 Å². The molecular formula is C25H24FN3O3. The Balaban J connectivity index is 1.53. The lowest BCUT2D eigenvalue weighted by Gasteiger charge is -2.36. The van der Waals surface area contributed by atoms with E-state index in [0.29, 0.717) is 42.3 Å². The highest BCUT2D eigenvalue weighted by Gasteiger charge is 2.28. The molecule has 1 N–H and O–H groups in total. The molecule has 1 aliphatic heterocycles. The van der Waals surface area contributed by atoms with Crippen LogP contribution in [-0.4, -0.2) is 37.0 Å². The van der Waals surface area contributed by atoms with Crippen LogP contribution in [0.5, 0.6) is 5.75 Å². The predicted molar refractivity (Wildman–Crippen MR) is 122 cm³/mol. The molecule has 6 nitrogen and oxygen atoms in total. The molecule has 32 heavy (non-hydrogen) atoms. The summed E-state index contributed by atoms with van der Waals surface area (Å²) in [5.41, 5.74) is 2.40. The average molecular weight is 433 g/mol. The lowest BCUT2D eigenvalue weighted by atomic mass is 10.1. The van der Waals surface area contributed by atoms with Crippen molar-refractivity contribution in [3.8, 4) is 5.75 Å². The third kappa shape index (κ3) is 4.72. The first-order valence-electron chi connectivity index (χ1n) is 10.4. The third-order valence-corrected chi connectivity index (χ3v) is 5.37. The zero-order valence-electron chi connectivity index (χ0n) is 17.8. The fourth-order valence-corrected chi connectivity index (χ4v) is 3.76. The highest BCUT2D eigenvalue weighted by atomic mass is 19.1. The summed E-state index contributed by atoms with van der Waals surface area (Å²) in [5, 5.41) is 2.91. The van der Waals surface area contributed by atoms with E-state index in [4.69, 9.17) is 4.74 Å². The van der Waals surface area contributed by atoms with Crippen LogP contribution in [0.25, 0.3) is 0 Å². The van der Waals surface area contributed by atoms with Gasteiger partial charge in [-0.15, -0.1) is 0 Å². The molecule has 3 amide bonds. The molecule has 0 aromatic heterocycles. The monoisotopic (exact) mass is 433 g/mol. The summed E-state index contributed by atoms with van der Waals surface area (Å²) >= 11 is 0. The molecule has 0 saturated carbocycles. The molecule has 1 heterocycles. The summed E-state index contributed by atoms with van der Waals surface area (Å²) in [7, 11) is 1.57. The quantitative estimate of drug-likeness (QED) is 0.600. The van der Waals surface area contributed by atoms with E-state index in [9.17, 15) is 14.0 Å². The van der Waals surface area contributed by atoms with Gasteiger partial charge in [-0.25, -0.2) is 9.18 Å². The third-order valence-electron chi connectivity index (χ3n) is 5.37. The van der Waals surface area contributed by atoms with E-state index in [-0.39, 0.29) is 17.8 Å². The number of methoxy groups -OCH3 is 1. The predicted octanol–water partition coefficient (Wildman–Crippen LogP) is 4.92. The van der Waals surface area contributed by atoms with Crippen LogP contribution in [0.2, 0.25) is 0 Å². The summed E-state index contributed by atoms with van der Waals surface area (Å²) in [6.45, 7) is 1.45. The van der Waals surface area contributed by atoms with Gasteiger partial charge in [0.1, 0.15) is 11.6 Å². The molecule has 0 unspecified atom stereocenters. The zero-order valence-corrected chi connectivity index (χ0v) is 17.8. The average Bonchev–Trinajstić information content (AvgIpc) is 2.81. The van der Waals surface area contributed by atoms with Crippen molar-refractivity contribution in [1.82, 2.24) is 4.90 Å². The smallest absolute Gasteiger partial charge is 0.324 e. The molecule has 4 rings (SSSR count). The van der Waals surface area contributed by atoms with E-state index in [1.54, 1.807) is 59.4 Å². The van der Waals surface area contributed by atoms with Crippen molar-refractivity contribution in [3.63, 3.8) is 0 Å². The van der Waals surface area contributed by atoms with Gasteiger partial charge in [-0.1, -0.05) is 24.3 Å². The molecule has 7 heteroatoms. The van der Waals surface area contributed by atoms with E-state index < -0.39 is 0 Å². The first-order chi connectivity index (χ1) is 15.5. The number of ether oxygens (including phenoxy) is 1. The first kappa shape index (κ1) is 21.4. The van der Waals surface area contributed by atoms with E-state index in [1.807, 2.05) is 18.2 Å². The molecule has 0 atom stereocenters. The summed E-state index contributed by atoms with van der Waals surface area (Å²) in [5.74, 6) is 0.0656. The maximum atomic E-state index is 13.6. The van der Waals surface area contributed by atoms with Gasteiger partial charge >= 0.3 is 6.03 Å². The SMILES string of the molecule is COc1ccc(C(=O)Nc2ccccc2N2CCCN(Cc3cccc(F)c3)C2=O)cc1. The molecule has 1 fully saturated rings. The number of carbonyl (C=O) groups is 2. The van der Waals surface area contributed by atoms with Crippen LogP contribution in [0.1, 0.15) is 22.3 Å². The molecule has 1 saturated heterocycles. The van der Waals surface area contributed by atoms with Gasteiger partial charge in [0.25, 0.3) is 5.91 Å². The maximum absolute atomic E-state index is 13.6. The van der Waals surface area contributed by atoms with Gasteiger partial charge < -0.3 is 15.0 Å². The lowest BCUT2D eigenvalue weighted by molar-refractivity contribution is 0.102. The fraction of sp³-hybridized carbons (Fsp3) is 0.200. The number of benzene rings is 3. The molecule has 0 aliphatic carbocycles. The van der Waals surface area contributed by atoms with E-state index in [2.05, 4.69) is 5.32 Å². The van der Waals surface area contributed by atoms with E-state index in [1.165, 1.54) is 12.1 Å². The van der Waals surface area contributed by atoms with Crippen molar-refractivity contribution in [2.45, 2.75) is 13.0 Å². The summed E-state index contributed by atoms with van der Waals surface area (Å²) in [6, 6.07) is 20.1. The van der Waals surface area contributed by atoms with Crippen LogP contribution >= 0.6 is 0 Å². The minimum absolute atomic E-state index is 0.174. The highest BCUT2D eigenvalue weighted by molar-refractivity contribution is 6.07. The number of anilines is 2. The van der Waals surface area contributed by atoms with Crippen LogP contribution in [0.4, 0.5) is 20.6 Å². The molecule has 3 aromatic rings. The maximum Gasteiger partial charge on any atom is 0.324 e. The number of nitrogens with one attached hydrogen (secondary N) is 1. The Hall–Kier alpha value is -3.87. The minimum Gasteiger partial charge on any atom is -0.497 e. The molecule has 0 radical (unpaired) electrons. The van der Waals surface area contributed by atoms with Crippen LogP contribution in [0.15, 0.2) is 72.8 Å². The van der Waals surface area contributed by atoms with E-state index in [0.717, 1.165) is 12.0 Å². The standard InChI is InChI=1S/C25H24FN3O3/c1-32-21-12-10-19(11-13-21)24(30)27-22-8-2-3-9-23(22)29-15-5-14-28(25(29)31)17-18-6-4-7-20(26)16-18/h2-4,6-13,16H,5,14-15,17H2,1H3,(H,27,30). The molecule has 164 valence electrons. The van der Waals surface area contributed by atoms with Crippen molar-refractivity contribution < 1.29 is 18.7 Å². The Morgan fingerprint density at radius 2 is 1.81 bits per heavy atom. The van der Waals surface area contributed by atoms with Crippen LogP contribution in [0, 0.1) is 5.82 Å². The van der Waals surface area contributed by atoms with Gasteiger partial charge in [-0.3, -0.25) is 9.69 Å². The Morgan fingerprint density at radius 1 is 1.03 bits per heavy atom. The second kappa shape index (κ2) is 9.51. The Kier molecular flexibility index (Phi) is 6.35. The van der Waals surface area contributed by atoms with Gasteiger partial charge in [-0.2, -0.15) is 0 Å². The second-order valence-corrected chi connectivity index (χ2v) is 7.54. The second-order valence-electron chi connectivity index (χ2n) is 7.54. The molecular weight excluding hydrogens is 409 g/mol. The number of hydrogen-bond donors (Lipinski definition) is 1. The van der Waals surface area contributed by atoms with Gasteiger partial charge in [0.05, 0.1) is 18.5 Å². The zero-order chi connectivity index (χ0) is 22.5. The molecule has 3 aromatic carbocycles. The normalized spacial score (nSPS) is 13.8. The number of rotatable bonds is 6. The minimum atomic E-state index is -0.324. The Bertz CT molecular complexity index is 1120. The van der Waals surface area contributed by atoms with Gasteiger partial charge in [0.15, 0.2) is 0 Å². The van der Waals surface area contributed by atoms with Gasteiger partial charge in [-0.05, 0) is 60.5 Å². The molecule has 0 spiro atoms. The summed E-state index contributed by atoms with van der Waals surface area (Å²) in [6.07, 6.45) is 0.766. The number of amides is 3. The molecule has 0 bridgehead atoms. The van der Waals surface area contributed by atoms with Crippen molar-refractivity contribution in [2.24, 2.45) is 0 Å². The van der Waals surface area contributed by atoms with Gasteiger partial charge in [0, 0.05) is 25.2 Å². The lowest BCUT2D eigenvalue weighted by Crippen LogP contribution is -2.49. The number of halogens is 1. The first-order valence-corrected chi connectivity index (χ1v) is 10.4. The number of hydrogen-bond acceptors (Lipinski definition) is 3. The number of para-hydroxylation sites is 2. The fourth-order valence-electron chi connectivity index (χ4n) is 3.76. The van der Waals surface area contributed by atoms with Crippen LogP contribution < -0.4 is 15.0 Å². The van der Waals surface area contributed by atoms with Crippen LogP contribution in [0.3, 0.4) is 0 Å². The van der Waals surface area contributed by atoms with Crippen molar-refractivity contribution in [1.29, 1.82) is 0 Å². The largest absolute Gasteiger partial charge is 0.497 e. The van der Waals surface area contributed by atoms with Crippen LogP contribution in [-0.2, 0) is 6.54 Å². The van der Waals surface area contributed by atoms with Crippen molar-refractivity contribution in [3.05, 3.63) is 89.7 Å². The Labute approximate surface area is 186 Å².